The molecule has 1 saturated carbocycles. The lowest BCUT2D eigenvalue weighted by Gasteiger charge is -1.72. The molecule has 0 aromatic heterocycles. The van der Waals surface area contributed by atoms with E-state index in [4.69, 9.17) is 0 Å². The molecule has 0 radical (unpaired) electrons. The lowest BCUT2D eigenvalue weighted by Crippen LogP contribution is -1.63. The van der Waals surface area contributed by atoms with Gasteiger partial charge in [0.2, 0.25) is 0 Å². The molecule has 7 heavy (non-hydrogen) atoms. The van der Waals surface area contributed by atoms with Crippen LogP contribution in [-0.4, -0.2) is 0 Å². The zero-order chi connectivity index (χ0) is 5.28. The summed E-state index contributed by atoms with van der Waals surface area (Å²) in [4.78, 5) is 0. The normalized spacial score (nSPS) is 36.7. The molecule has 0 amide bonds. The van der Waals surface area contributed by atoms with E-state index in [9.17, 15) is 0 Å². The van der Waals surface area contributed by atoms with Crippen LogP contribution in [0.2, 0.25) is 0 Å². The van der Waals surface area contributed by atoms with E-state index in [0.717, 1.165) is 11.8 Å². The molecule has 1 aliphatic carbocycles. The Hall–Kier alpha value is -0.480. The minimum atomic E-state index is 0.817. The third-order valence-electron chi connectivity index (χ3n) is 1.50. The lowest BCUT2D eigenvalue weighted by atomic mass is 10.3. The minimum absolute atomic E-state index is 0.817. The second-order valence-corrected chi connectivity index (χ2v) is 2.25. The molecular formula is C7H10. The molecule has 38 valence electrons. The van der Waals surface area contributed by atoms with Gasteiger partial charge in [-0.1, -0.05) is 13.5 Å². The van der Waals surface area contributed by atoms with Gasteiger partial charge in [-0.3, -0.25) is 0 Å². The van der Waals surface area contributed by atoms with E-state index < -0.39 is 0 Å². The third-order valence-corrected chi connectivity index (χ3v) is 1.50. The first-order chi connectivity index (χ1) is 3.34. The Morgan fingerprint density at radius 3 is 2.57 bits per heavy atom. The minimum Gasteiger partial charge on any atom is -0.133 e. The van der Waals surface area contributed by atoms with Crippen LogP contribution < -0.4 is 0 Å². The van der Waals surface area contributed by atoms with E-state index in [1.54, 1.807) is 0 Å². The Labute approximate surface area is 44.5 Å². The van der Waals surface area contributed by atoms with Crippen molar-refractivity contribution in [3.63, 3.8) is 0 Å². The van der Waals surface area contributed by atoms with E-state index in [-0.39, 0.29) is 0 Å². The first kappa shape index (κ1) is 4.67. The van der Waals surface area contributed by atoms with Gasteiger partial charge in [-0.25, -0.2) is 0 Å². The van der Waals surface area contributed by atoms with Gasteiger partial charge in [0, 0.05) is 0 Å². The van der Waals surface area contributed by atoms with Crippen molar-refractivity contribution in [1.29, 1.82) is 0 Å². The molecule has 1 fully saturated rings. The molecule has 0 heteroatoms. The third kappa shape index (κ3) is 0.942. The Bertz CT molecular complexity index is 107. The summed E-state index contributed by atoms with van der Waals surface area (Å²) in [6.07, 6.45) is 3.41. The van der Waals surface area contributed by atoms with Crippen LogP contribution >= 0.6 is 0 Å². The fourth-order valence-electron chi connectivity index (χ4n) is 0.734. The summed E-state index contributed by atoms with van der Waals surface area (Å²) < 4.78 is 0. The Kier molecular flexibility index (Phi) is 1.04. The van der Waals surface area contributed by atoms with Crippen molar-refractivity contribution in [2.45, 2.75) is 13.3 Å². The number of hydrogen-bond donors (Lipinski definition) is 0. The van der Waals surface area contributed by atoms with E-state index in [2.05, 4.69) is 25.3 Å². The molecule has 0 heterocycles. The zero-order valence-electron chi connectivity index (χ0n) is 4.65. The monoisotopic (exact) mass is 94.1 g/mol. The second-order valence-electron chi connectivity index (χ2n) is 2.25. The van der Waals surface area contributed by atoms with Crippen molar-refractivity contribution in [1.82, 2.24) is 0 Å². The van der Waals surface area contributed by atoms with E-state index in [1.807, 2.05) is 0 Å². The summed E-state index contributed by atoms with van der Waals surface area (Å²) in [6.45, 7) is 5.74. The van der Waals surface area contributed by atoms with Crippen LogP contribution in [0.3, 0.4) is 0 Å². The van der Waals surface area contributed by atoms with Crippen molar-refractivity contribution in [3.05, 3.63) is 18.4 Å². The fourth-order valence-corrected chi connectivity index (χ4v) is 0.734. The predicted molar refractivity (Wildman–Crippen MR) is 31.0 cm³/mol. The summed E-state index contributed by atoms with van der Waals surface area (Å²) in [5.41, 5.74) is 2.79. The van der Waals surface area contributed by atoms with Crippen molar-refractivity contribution >= 4 is 0 Å². The molecule has 0 spiro atoms. The Morgan fingerprint density at radius 1 is 1.86 bits per heavy atom. The van der Waals surface area contributed by atoms with Gasteiger partial charge >= 0.3 is 0 Å². The number of rotatable bonds is 1. The van der Waals surface area contributed by atoms with Crippen molar-refractivity contribution in [2.75, 3.05) is 0 Å². The quantitative estimate of drug-likeness (QED) is 0.436. The maximum atomic E-state index is 3.49. The molecule has 0 aromatic carbocycles. The fraction of sp³-hybridized carbons (Fsp3) is 0.571. The molecule has 0 aromatic rings. The van der Waals surface area contributed by atoms with Crippen LogP contribution in [0.15, 0.2) is 18.4 Å². The highest BCUT2D eigenvalue weighted by molar-refractivity contribution is 4.97. The number of hydrogen-bond acceptors (Lipinski definition) is 0. The Balaban J connectivity index is 2.34. The van der Waals surface area contributed by atoms with Crippen molar-refractivity contribution in [3.8, 4) is 0 Å². The highest BCUT2D eigenvalue weighted by Gasteiger charge is 2.29. The molecule has 0 nitrogen and oxygen atoms in total. The van der Waals surface area contributed by atoms with Gasteiger partial charge < -0.3 is 0 Å². The molecule has 1 aliphatic rings. The predicted octanol–water partition coefficient (Wildman–Crippen LogP) is 1.98. The van der Waals surface area contributed by atoms with E-state index in [0.29, 0.717) is 0 Å². The van der Waals surface area contributed by atoms with Crippen LogP contribution in [0.1, 0.15) is 13.3 Å². The van der Waals surface area contributed by atoms with Crippen molar-refractivity contribution in [2.24, 2.45) is 11.8 Å². The average Bonchev–Trinajstić information content (AvgIpc) is 2.22. The van der Waals surface area contributed by atoms with Crippen molar-refractivity contribution < 1.29 is 0 Å². The van der Waals surface area contributed by atoms with Crippen LogP contribution in [-0.2, 0) is 0 Å². The zero-order valence-corrected chi connectivity index (χ0v) is 4.65. The summed E-state index contributed by atoms with van der Waals surface area (Å²) in [7, 11) is 0. The first-order valence-electron chi connectivity index (χ1n) is 2.70. The molecule has 0 bridgehead atoms. The molecule has 0 N–H and O–H groups in total. The van der Waals surface area contributed by atoms with Crippen LogP contribution in [0.4, 0.5) is 0 Å². The summed E-state index contributed by atoms with van der Waals surface area (Å²) in [5.74, 6) is 1.73. The molecular weight excluding hydrogens is 84.1 g/mol. The lowest BCUT2D eigenvalue weighted by molar-refractivity contribution is 0.900. The largest absolute Gasteiger partial charge is 0.133 e. The standard InChI is InChI=1S/C7H10/c1-3-4-7-5-6(7)2/h4,6-7H,1,5H2,2H3. The van der Waals surface area contributed by atoms with Gasteiger partial charge in [0.15, 0.2) is 0 Å². The summed E-state index contributed by atoms with van der Waals surface area (Å²) in [5, 5.41) is 0. The molecule has 2 atom stereocenters. The second kappa shape index (κ2) is 1.55. The van der Waals surface area contributed by atoms with Gasteiger partial charge in [0.1, 0.15) is 0 Å². The van der Waals surface area contributed by atoms with Crippen LogP contribution in [0.25, 0.3) is 0 Å². The van der Waals surface area contributed by atoms with Crippen LogP contribution in [0.5, 0.6) is 0 Å². The topological polar surface area (TPSA) is 0 Å². The van der Waals surface area contributed by atoms with Gasteiger partial charge in [-0.2, -0.15) is 0 Å². The maximum Gasteiger partial charge on any atom is -0.0129 e. The molecule has 2 unspecified atom stereocenters. The van der Waals surface area contributed by atoms with Gasteiger partial charge in [-0.05, 0) is 24.3 Å². The summed E-state index contributed by atoms with van der Waals surface area (Å²) in [6, 6.07) is 0. The van der Waals surface area contributed by atoms with Gasteiger partial charge in [0.25, 0.3) is 0 Å². The smallest absolute Gasteiger partial charge is 0.0129 e. The first-order valence-corrected chi connectivity index (χ1v) is 2.70. The van der Waals surface area contributed by atoms with E-state index >= 15 is 0 Å². The average molecular weight is 94.2 g/mol. The number of allylic oxidation sites excluding steroid dienone is 1. The highest BCUT2D eigenvalue weighted by Crippen LogP contribution is 2.38. The van der Waals surface area contributed by atoms with Gasteiger partial charge in [0.05, 0.1) is 0 Å². The highest BCUT2D eigenvalue weighted by atomic mass is 14.3. The van der Waals surface area contributed by atoms with Crippen LogP contribution in [0, 0.1) is 11.8 Å². The Morgan fingerprint density at radius 2 is 2.43 bits per heavy atom. The molecule has 0 aliphatic heterocycles. The molecule has 1 rings (SSSR count). The SMILES string of the molecule is C=C=CC1CC1C. The molecule has 0 saturated heterocycles. The van der Waals surface area contributed by atoms with Gasteiger partial charge in [-0.15, -0.1) is 5.73 Å². The van der Waals surface area contributed by atoms with E-state index in [1.165, 1.54) is 6.42 Å². The maximum absolute atomic E-state index is 3.49. The summed E-state index contributed by atoms with van der Waals surface area (Å²) >= 11 is 0.